The third-order valence-corrected chi connectivity index (χ3v) is 5.12. The van der Waals surface area contributed by atoms with Crippen LogP contribution in [0.3, 0.4) is 0 Å². The topological polar surface area (TPSA) is 86.3 Å². The maximum atomic E-state index is 13.0. The number of hydrogen-bond donors (Lipinski definition) is 0. The Bertz CT molecular complexity index is 960. The van der Waals surface area contributed by atoms with E-state index in [1.165, 1.54) is 0 Å². The summed E-state index contributed by atoms with van der Waals surface area (Å²) >= 11 is 0. The average Bonchev–Trinajstić information content (AvgIpc) is 3.48. The van der Waals surface area contributed by atoms with E-state index in [1.807, 2.05) is 29.2 Å². The van der Waals surface area contributed by atoms with Gasteiger partial charge in [0, 0.05) is 30.8 Å². The number of aromatic nitrogens is 4. The van der Waals surface area contributed by atoms with Gasteiger partial charge in [-0.3, -0.25) is 9.36 Å². The van der Waals surface area contributed by atoms with Crippen LogP contribution in [-0.2, 0) is 17.7 Å². The van der Waals surface area contributed by atoms with Gasteiger partial charge < -0.3 is 14.1 Å². The molecule has 1 aromatic carbocycles. The van der Waals surface area contributed by atoms with E-state index in [0.29, 0.717) is 31.7 Å². The first-order chi connectivity index (χ1) is 13.3. The van der Waals surface area contributed by atoms with Gasteiger partial charge in [0.15, 0.2) is 5.89 Å². The Balaban J connectivity index is 1.35. The minimum absolute atomic E-state index is 0.00988. The fraction of sp³-hybridized carbons (Fsp3) is 0.368. The van der Waals surface area contributed by atoms with Crippen molar-refractivity contribution in [3.63, 3.8) is 0 Å². The number of benzene rings is 1. The van der Waals surface area contributed by atoms with E-state index in [1.54, 1.807) is 17.2 Å². The molecule has 4 heterocycles. The Morgan fingerprint density at radius 2 is 2.11 bits per heavy atom. The molecule has 1 amide bonds. The van der Waals surface area contributed by atoms with Crippen LogP contribution in [0.5, 0.6) is 0 Å². The minimum Gasteiger partial charge on any atom is -0.445 e. The Morgan fingerprint density at radius 1 is 1.22 bits per heavy atom. The summed E-state index contributed by atoms with van der Waals surface area (Å²) in [4.78, 5) is 19.5. The van der Waals surface area contributed by atoms with Gasteiger partial charge >= 0.3 is 0 Å². The van der Waals surface area contributed by atoms with Crippen LogP contribution in [0.1, 0.15) is 40.0 Å². The number of fused-ring (bicyclic) bond motifs is 1. The predicted octanol–water partition coefficient (Wildman–Crippen LogP) is 1.96. The van der Waals surface area contributed by atoms with E-state index in [4.69, 9.17) is 9.15 Å². The Labute approximate surface area is 155 Å². The number of rotatable bonds is 3. The summed E-state index contributed by atoms with van der Waals surface area (Å²) in [6, 6.07) is 7.47. The van der Waals surface area contributed by atoms with E-state index in [9.17, 15) is 4.79 Å². The van der Waals surface area contributed by atoms with Gasteiger partial charge in [-0.25, -0.2) is 4.98 Å². The molecule has 27 heavy (non-hydrogen) atoms. The maximum Gasteiger partial charge on any atom is 0.254 e. The highest BCUT2D eigenvalue weighted by molar-refractivity contribution is 5.94. The monoisotopic (exact) mass is 365 g/mol. The van der Waals surface area contributed by atoms with Gasteiger partial charge in [-0.15, -0.1) is 10.2 Å². The van der Waals surface area contributed by atoms with E-state index in [-0.39, 0.29) is 11.8 Å². The fourth-order valence-electron chi connectivity index (χ4n) is 3.61. The predicted molar refractivity (Wildman–Crippen MR) is 94.5 cm³/mol. The lowest BCUT2D eigenvalue weighted by atomic mass is 10.1. The fourth-order valence-corrected chi connectivity index (χ4v) is 3.61. The quantitative estimate of drug-likeness (QED) is 0.705. The van der Waals surface area contributed by atoms with Crippen molar-refractivity contribution < 1.29 is 13.9 Å². The molecule has 0 N–H and O–H groups in total. The second-order valence-corrected chi connectivity index (χ2v) is 6.88. The van der Waals surface area contributed by atoms with Crippen molar-refractivity contribution in [3.8, 4) is 5.69 Å². The Morgan fingerprint density at radius 3 is 2.93 bits per heavy atom. The molecule has 5 rings (SSSR count). The molecule has 2 aromatic heterocycles. The van der Waals surface area contributed by atoms with Gasteiger partial charge in [0.25, 0.3) is 5.91 Å². The molecule has 3 aromatic rings. The number of amides is 1. The van der Waals surface area contributed by atoms with Crippen molar-refractivity contribution in [1.82, 2.24) is 24.6 Å². The standard InChI is InChI=1S/C19H19N5O3/c25-19(13-2-1-3-15(8-13)24-11-20-21-12-24)23-6-4-17-16(9-23)22-18(27-17)14-5-7-26-10-14/h1-3,8,11-12,14H,4-7,9-10H2. The van der Waals surface area contributed by atoms with Crippen LogP contribution >= 0.6 is 0 Å². The van der Waals surface area contributed by atoms with Crippen molar-refractivity contribution in [3.05, 3.63) is 59.8 Å². The Hall–Kier alpha value is -3.00. The molecule has 2 aliphatic rings. The first kappa shape index (κ1) is 16.2. The van der Waals surface area contributed by atoms with Gasteiger partial charge in [-0.2, -0.15) is 0 Å². The number of ether oxygens (including phenoxy) is 1. The summed E-state index contributed by atoms with van der Waals surface area (Å²) in [6.45, 7) is 2.52. The SMILES string of the molecule is O=C(c1cccc(-n2cnnc2)c1)N1CCc2oc(C3CCOC3)nc2C1. The van der Waals surface area contributed by atoms with E-state index in [0.717, 1.165) is 36.1 Å². The highest BCUT2D eigenvalue weighted by Crippen LogP contribution is 2.29. The van der Waals surface area contributed by atoms with Crippen LogP contribution in [0.15, 0.2) is 41.3 Å². The van der Waals surface area contributed by atoms with Gasteiger partial charge in [-0.1, -0.05) is 6.07 Å². The zero-order chi connectivity index (χ0) is 18.2. The van der Waals surface area contributed by atoms with Crippen LogP contribution in [0.4, 0.5) is 0 Å². The number of oxazole rings is 1. The molecule has 1 fully saturated rings. The number of hydrogen-bond acceptors (Lipinski definition) is 6. The first-order valence-electron chi connectivity index (χ1n) is 9.08. The molecule has 1 atom stereocenters. The lowest BCUT2D eigenvalue weighted by Gasteiger charge is -2.25. The van der Waals surface area contributed by atoms with Gasteiger partial charge in [0.1, 0.15) is 24.1 Å². The largest absolute Gasteiger partial charge is 0.445 e. The molecule has 0 aliphatic carbocycles. The summed E-state index contributed by atoms with van der Waals surface area (Å²) in [5, 5.41) is 7.63. The van der Waals surface area contributed by atoms with Gasteiger partial charge in [0.2, 0.25) is 0 Å². The van der Waals surface area contributed by atoms with Crippen molar-refractivity contribution in [2.24, 2.45) is 0 Å². The molecule has 0 saturated carbocycles. The summed E-state index contributed by atoms with van der Waals surface area (Å²) in [5.74, 6) is 1.88. The molecule has 0 radical (unpaired) electrons. The van der Waals surface area contributed by atoms with Crippen LogP contribution in [0.2, 0.25) is 0 Å². The number of carbonyl (C=O) groups is 1. The molecule has 8 heteroatoms. The van der Waals surface area contributed by atoms with Gasteiger partial charge in [0.05, 0.1) is 19.1 Å². The second kappa shape index (κ2) is 6.62. The molecular formula is C19H19N5O3. The first-order valence-corrected chi connectivity index (χ1v) is 9.08. The second-order valence-electron chi connectivity index (χ2n) is 6.88. The van der Waals surface area contributed by atoms with Crippen molar-refractivity contribution >= 4 is 5.91 Å². The smallest absolute Gasteiger partial charge is 0.254 e. The van der Waals surface area contributed by atoms with Crippen LogP contribution < -0.4 is 0 Å². The van der Waals surface area contributed by atoms with Crippen molar-refractivity contribution in [2.45, 2.75) is 25.3 Å². The molecule has 1 unspecified atom stereocenters. The molecule has 8 nitrogen and oxygen atoms in total. The summed E-state index contributed by atoms with van der Waals surface area (Å²) < 4.78 is 13.1. The third kappa shape index (κ3) is 3.02. The third-order valence-electron chi connectivity index (χ3n) is 5.12. The van der Waals surface area contributed by atoms with E-state index >= 15 is 0 Å². The zero-order valence-corrected chi connectivity index (χ0v) is 14.7. The molecule has 0 spiro atoms. The van der Waals surface area contributed by atoms with Crippen LogP contribution in [0.25, 0.3) is 5.69 Å². The minimum atomic E-state index is -0.00988. The molecule has 1 saturated heterocycles. The highest BCUT2D eigenvalue weighted by Gasteiger charge is 2.29. The molecule has 2 aliphatic heterocycles. The summed E-state index contributed by atoms with van der Waals surface area (Å²) in [6.07, 6.45) is 4.85. The normalized spacial score (nSPS) is 19.3. The summed E-state index contributed by atoms with van der Waals surface area (Å²) in [5.41, 5.74) is 2.36. The zero-order valence-electron chi connectivity index (χ0n) is 14.7. The lowest BCUT2D eigenvalue weighted by Crippen LogP contribution is -2.35. The number of carbonyl (C=O) groups excluding carboxylic acids is 1. The highest BCUT2D eigenvalue weighted by atomic mass is 16.5. The summed E-state index contributed by atoms with van der Waals surface area (Å²) in [7, 11) is 0. The Kier molecular flexibility index (Phi) is 3.97. The average molecular weight is 365 g/mol. The maximum absolute atomic E-state index is 13.0. The van der Waals surface area contributed by atoms with E-state index in [2.05, 4.69) is 15.2 Å². The van der Waals surface area contributed by atoms with Crippen LogP contribution in [-0.4, -0.2) is 50.3 Å². The van der Waals surface area contributed by atoms with Crippen molar-refractivity contribution in [1.29, 1.82) is 0 Å². The van der Waals surface area contributed by atoms with Crippen molar-refractivity contribution in [2.75, 3.05) is 19.8 Å². The molecule has 138 valence electrons. The van der Waals surface area contributed by atoms with E-state index < -0.39 is 0 Å². The van der Waals surface area contributed by atoms with Crippen LogP contribution in [0, 0.1) is 0 Å². The number of nitrogens with zero attached hydrogens (tertiary/aromatic N) is 5. The molecule has 0 bridgehead atoms. The van der Waals surface area contributed by atoms with Gasteiger partial charge in [-0.05, 0) is 24.6 Å². The lowest BCUT2D eigenvalue weighted by molar-refractivity contribution is 0.0728. The molecular weight excluding hydrogens is 346 g/mol.